The molecule has 2 aliphatic rings. The summed E-state index contributed by atoms with van der Waals surface area (Å²) < 4.78 is 32.3. The molecule has 7 rings (SSSR count). The van der Waals surface area contributed by atoms with E-state index in [0.717, 1.165) is 70.2 Å². The molecule has 51 heavy (non-hydrogen) atoms. The first-order valence-electron chi connectivity index (χ1n) is 16.7. The van der Waals surface area contributed by atoms with Crippen molar-refractivity contribution < 1.29 is 48.6 Å². The molecule has 0 radical (unpaired) electrons. The molecule has 2 aromatic heterocycles. The number of aliphatic hydroxyl groups is 3. The molecule has 0 amide bonds. The number of carbonyl (C=O) groups is 2. The lowest BCUT2D eigenvalue weighted by atomic mass is 9.95. The number of thiazole rings is 1. The Kier molecular flexibility index (Phi) is 9.86. The smallest absolute Gasteiger partial charge is 0.340 e. The summed E-state index contributed by atoms with van der Waals surface area (Å²) in [7, 11) is 0. The van der Waals surface area contributed by atoms with E-state index in [9.17, 15) is 34.4 Å². The van der Waals surface area contributed by atoms with E-state index in [4.69, 9.17) is 19.2 Å². The number of benzene rings is 3. The number of aliphatic hydroxyl groups excluding tert-OH is 3. The molecule has 1 unspecified atom stereocenters. The van der Waals surface area contributed by atoms with Crippen molar-refractivity contribution in [3.8, 4) is 28.4 Å². The highest BCUT2D eigenvalue weighted by molar-refractivity contribution is 7.12. The van der Waals surface area contributed by atoms with E-state index in [-0.39, 0.29) is 24.0 Å². The van der Waals surface area contributed by atoms with Crippen LogP contribution in [-0.2, 0) is 20.9 Å². The van der Waals surface area contributed by atoms with Crippen LogP contribution in [0.1, 0.15) is 58.4 Å². The zero-order valence-electron chi connectivity index (χ0n) is 27.5. The van der Waals surface area contributed by atoms with Crippen molar-refractivity contribution in [2.24, 2.45) is 0 Å². The number of hydrogen-bond donors (Lipinski definition) is 4. The van der Waals surface area contributed by atoms with Crippen LogP contribution in [0.15, 0.2) is 66.7 Å². The summed E-state index contributed by atoms with van der Waals surface area (Å²) in [6.45, 7) is 2.21. The van der Waals surface area contributed by atoms with Crippen LogP contribution in [-0.4, -0.2) is 77.6 Å². The van der Waals surface area contributed by atoms with Crippen molar-refractivity contribution in [2.75, 3.05) is 0 Å². The number of rotatable bonds is 9. The Morgan fingerprint density at radius 1 is 0.922 bits per heavy atom. The fraction of sp³-hybridized carbons (Fsp3) is 0.351. The molecule has 1 aliphatic heterocycles. The van der Waals surface area contributed by atoms with Crippen molar-refractivity contribution >= 4 is 34.3 Å². The van der Waals surface area contributed by atoms with Crippen LogP contribution in [0.4, 0.5) is 4.39 Å². The van der Waals surface area contributed by atoms with Crippen LogP contribution in [0.3, 0.4) is 0 Å². The summed E-state index contributed by atoms with van der Waals surface area (Å²) >= 11 is 1.53. The van der Waals surface area contributed by atoms with Crippen LogP contribution < -0.4 is 4.74 Å². The molecule has 4 N–H and O–H groups in total. The van der Waals surface area contributed by atoms with Gasteiger partial charge in [0.05, 0.1) is 32.2 Å². The van der Waals surface area contributed by atoms with Gasteiger partial charge in [-0.05, 0) is 86.5 Å². The second-order valence-electron chi connectivity index (χ2n) is 12.8. The van der Waals surface area contributed by atoms with E-state index in [2.05, 4.69) is 9.55 Å². The summed E-state index contributed by atoms with van der Waals surface area (Å²) in [5.74, 6) is -1.45. The Morgan fingerprint density at radius 3 is 2.33 bits per heavy atom. The first-order chi connectivity index (χ1) is 24.6. The van der Waals surface area contributed by atoms with Gasteiger partial charge in [0.15, 0.2) is 6.10 Å². The Morgan fingerprint density at radius 2 is 1.63 bits per heavy atom. The molecule has 12 nitrogen and oxygen atoms in total. The first-order valence-corrected chi connectivity index (χ1v) is 17.5. The Balaban J connectivity index is 1.13. The number of carboxylic acids is 1. The third-order valence-electron chi connectivity index (χ3n) is 9.31. The third kappa shape index (κ3) is 7.10. The number of ether oxygens (including phenoxy) is 3. The minimum absolute atomic E-state index is 0.0766. The minimum atomic E-state index is -1.91. The molecule has 14 heteroatoms. The molecule has 1 aliphatic carbocycles. The zero-order chi connectivity index (χ0) is 35.8. The highest BCUT2D eigenvalue weighted by Gasteiger charge is 2.48. The third-order valence-corrected chi connectivity index (χ3v) is 10.2. The average molecular weight is 718 g/mol. The number of esters is 1. The molecule has 3 aromatic carbocycles. The summed E-state index contributed by atoms with van der Waals surface area (Å²) in [4.78, 5) is 35.2. The van der Waals surface area contributed by atoms with Crippen molar-refractivity contribution in [1.29, 1.82) is 0 Å². The van der Waals surface area contributed by atoms with E-state index in [0.29, 0.717) is 11.3 Å². The number of aliphatic carboxylic acids is 1. The number of aryl methyl sites for hydroxylation is 1. The standard InChI is InChI=1S/C37H36FN3O9S/c1-19-39-29(20-7-12-23(38)13-8-20)28(51-19)18-48-25-14-9-21(10-15-25)34-40-26-17-22(11-16-27(26)41(34)24-5-3-2-4-6-24)36(47)50-37-32(44)30(42)31(43)33(49-37)35(45)46/h7-17,24,30-33,37,42-44H,2-6,18H2,1H3,(H,45,46)/t30-,31+,32-,33?,37-/m0/s1. The molecule has 3 heterocycles. The number of carbonyl (C=O) groups excluding carboxylic acids is 1. The SMILES string of the molecule is Cc1nc(-c2ccc(F)cc2)c(COc2ccc(-c3nc4cc(C(=O)O[C@@H]5OC(C(=O)O)[C@H](O)[C@H](O)[C@@H]5O)ccc4n3C3CCCCC3)cc2)s1. The second kappa shape index (κ2) is 14.5. The zero-order valence-corrected chi connectivity index (χ0v) is 28.3. The molecule has 266 valence electrons. The lowest BCUT2D eigenvalue weighted by Gasteiger charge is -2.37. The average Bonchev–Trinajstić information content (AvgIpc) is 3.71. The topological polar surface area (TPSA) is 173 Å². The lowest BCUT2D eigenvalue weighted by Crippen LogP contribution is -2.60. The molecule has 2 fully saturated rings. The first kappa shape index (κ1) is 34.7. The van der Waals surface area contributed by atoms with Gasteiger partial charge >= 0.3 is 11.9 Å². The Hall–Kier alpha value is -4.73. The molecule has 5 aromatic rings. The van der Waals surface area contributed by atoms with Crippen LogP contribution in [0.25, 0.3) is 33.7 Å². The van der Waals surface area contributed by atoms with E-state index in [1.807, 2.05) is 31.2 Å². The number of nitrogens with zero attached hydrogens (tertiary/aromatic N) is 3. The fourth-order valence-electron chi connectivity index (χ4n) is 6.71. The Bertz CT molecular complexity index is 2040. The molecule has 1 saturated carbocycles. The van der Waals surface area contributed by atoms with Crippen LogP contribution in [0, 0.1) is 12.7 Å². The van der Waals surface area contributed by atoms with E-state index in [1.165, 1.54) is 23.5 Å². The highest BCUT2D eigenvalue weighted by Crippen LogP contribution is 2.37. The fourth-order valence-corrected chi connectivity index (χ4v) is 7.58. The maximum absolute atomic E-state index is 13.5. The van der Waals surface area contributed by atoms with Gasteiger partial charge in [0.2, 0.25) is 6.29 Å². The summed E-state index contributed by atoms with van der Waals surface area (Å²) in [5.41, 5.74) is 3.86. The molecule has 5 atom stereocenters. The van der Waals surface area contributed by atoms with Crippen LogP contribution >= 0.6 is 11.3 Å². The van der Waals surface area contributed by atoms with Gasteiger partial charge in [0, 0.05) is 17.2 Å². The van der Waals surface area contributed by atoms with Crippen LogP contribution in [0.2, 0.25) is 0 Å². The van der Waals surface area contributed by atoms with E-state index in [1.54, 1.807) is 30.3 Å². The number of halogens is 1. The highest BCUT2D eigenvalue weighted by atomic mass is 32.1. The number of carboxylic acid groups (broad SMARTS) is 1. The number of hydrogen-bond acceptors (Lipinski definition) is 11. The second-order valence-corrected chi connectivity index (χ2v) is 14.1. The Labute approximate surface area is 295 Å². The van der Waals surface area contributed by atoms with Gasteiger partial charge in [-0.1, -0.05) is 19.3 Å². The molecular weight excluding hydrogens is 681 g/mol. The summed E-state index contributed by atoms with van der Waals surface area (Å²) in [6.07, 6.45) is -4.12. The van der Waals surface area contributed by atoms with E-state index >= 15 is 0 Å². The number of fused-ring (bicyclic) bond motifs is 1. The lowest BCUT2D eigenvalue weighted by molar-refractivity contribution is -0.278. The van der Waals surface area contributed by atoms with E-state index < -0.39 is 42.6 Å². The normalized spacial score (nSPS) is 22.6. The van der Waals surface area contributed by atoms with Gasteiger partial charge in [-0.3, -0.25) is 0 Å². The van der Waals surface area contributed by atoms with Crippen molar-refractivity contribution in [3.05, 3.63) is 88.0 Å². The number of aromatic nitrogens is 3. The number of imidazole rings is 1. The monoisotopic (exact) mass is 717 g/mol. The van der Waals surface area contributed by atoms with Gasteiger partial charge < -0.3 is 39.2 Å². The maximum Gasteiger partial charge on any atom is 0.340 e. The summed E-state index contributed by atoms with van der Waals surface area (Å²) in [6, 6.07) is 18.9. The molecule has 1 saturated heterocycles. The molecule has 0 bridgehead atoms. The van der Waals surface area contributed by atoms with Gasteiger partial charge in [-0.25, -0.2) is 23.9 Å². The largest absolute Gasteiger partial charge is 0.488 e. The molecular formula is C37H36FN3O9S. The predicted molar refractivity (Wildman–Crippen MR) is 184 cm³/mol. The van der Waals surface area contributed by atoms with Gasteiger partial charge in [-0.2, -0.15) is 0 Å². The van der Waals surface area contributed by atoms with Gasteiger partial charge in [0.25, 0.3) is 0 Å². The predicted octanol–water partition coefficient (Wildman–Crippen LogP) is 5.41. The maximum atomic E-state index is 13.5. The van der Waals surface area contributed by atoms with Gasteiger partial charge in [-0.15, -0.1) is 11.3 Å². The van der Waals surface area contributed by atoms with Gasteiger partial charge in [0.1, 0.15) is 42.3 Å². The van der Waals surface area contributed by atoms with Crippen molar-refractivity contribution in [2.45, 2.75) is 82.4 Å². The molecule has 0 spiro atoms. The minimum Gasteiger partial charge on any atom is -0.488 e. The van der Waals surface area contributed by atoms with Crippen LogP contribution in [0.5, 0.6) is 5.75 Å². The van der Waals surface area contributed by atoms with Crippen molar-refractivity contribution in [3.63, 3.8) is 0 Å². The van der Waals surface area contributed by atoms with Crippen molar-refractivity contribution in [1.82, 2.24) is 14.5 Å². The summed E-state index contributed by atoms with van der Waals surface area (Å²) in [5, 5.41) is 40.6. The quantitative estimate of drug-likeness (QED) is 0.144.